The van der Waals surface area contributed by atoms with Crippen molar-refractivity contribution in [3.8, 4) is 0 Å². The zero-order valence-corrected chi connectivity index (χ0v) is 17.3. The molecule has 0 aliphatic carbocycles. The van der Waals surface area contributed by atoms with Crippen molar-refractivity contribution >= 4 is 5.91 Å². The van der Waals surface area contributed by atoms with Gasteiger partial charge in [0.25, 0.3) is 0 Å². The van der Waals surface area contributed by atoms with Crippen molar-refractivity contribution in [1.29, 1.82) is 0 Å². The molecule has 1 aromatic carbocycles. The summed E-state index contributed by atoms with van der Waals surface area (Å²) in [4.78, 5) is 23.0. The molecule has 1 fully saturated rings. The van der Waals surface area contributed by atoms with E-state index in [4.69, 9.17) is 4.74 Å². The third-order valence-corrected chi connectivity index (χ3v) is 5.38. The first-order valence-electron chi connectivity index (χ1n) is 10.3. The first-order chi connectivity index (χ1) is 15.4. The molecule has 8 heteroatoms. The molecule has 1 amide bonds. The topological polar surface area (TPSA) is 55.3 Å². The van der Waals surface area contributed by atoms with Crippen molar-refractivity contribution in [2.75, 3.05) is 19.7 Å². The first kappa shape index (κ1) is 22.0. The highest BCUT2D eigenvalue weighted by atomic mass is 19.4. The van der Waals surface area contributed by atoms with Crippen LogP contribution in [-0.4, -0.2) is 40.5 Å². The first-order valence-corrected chi connectivity index (χ1v) is 10.3. The van der Waals surface area contributed by atoms with Gasteiger partial charge < -0.3 is 9.64 Å². The van der Waals surface area contributed by atoms with Gasteiger partial charge in [0.05, 0.1) is 30.8 Å². The van der Waals surface area contributed by atoms with E-state index in [9.17, 15) is 18.0 Å². The molecule has 2 aromatic heterocycles. The molecule has 0 N–H and O–H groups in total. The number of carbonyl (C=O) groups is 1. The molecular formula is C24H22F3N3O2. The molecular weight excluding hydrogens is 419 g/mol. The predicted molar refractivity (Wildman–Crippen MR) is 112 cm³/mol. The Morgan fingerprint density at radius 3 is 2.62 bits per heavy atom. The molecule has 166 valence electrons. The summed E-state index contributed by atoms with van der Waals surface area (Å²) in [6.45, 7) is 1.20. The van der Waals surface area contributed by atoms with Gasteiger partial charge in [-0.3, -0.25) is 14.8 Å². The Labute approximate surface area is 183 Å². The van der Waals surface area contributed by atoms with Crippen LogP contribution in [-0.2, 0) is 28.5 Å². The summed E-state index contributed by atoms with van der Waals surface area (Å²) < 4.78 is 45.8. The van der Waals surface area contributed by atoms with Crippen molar-refractivity contribution in [2.45, 2.75) is 25.1 Å². The van der Waals surface area contributed by atoms with Crippen LogP contribution in [0.5, 0.6) is 0 Å². The lowest BCUT2D eigenvalue weighted by Crippen LogP contribution is -2.43. The fourth-order valence-corrected chi connectivity index (χ4v) is 3.76. The van der Waals surface area contributed by atoms with Crippen molar-refractivity contribution in [3.63, 3.8) is 0 Å². The van der Waals surface area contributed by atoms with Crippen LogP contribution in [0.15, 0.2) is 67.0 Å². The van der Waals surface area contributed by atoms with Crippen LogP contribution in [0, 0.1) is 0 Å². The van der Waals surface area contributed by atoms with Gasteiger partial charge >= 0.3 is 6.18 Å². The number of carbonyl (C=O) groups excluding carboxylic acids is 1. The van der Waals surface area contributed by atoms with Crippen LogP contribution in [0.4, 0.5) is 13.2 Å². The van der Waals surface area contributed by atoms with Crippen molar-refractivity contribution in [2.24, 2.45) is 0 Å². The highest BCUT2D eigenvalue weighted by Gasteiger charge is 2.33. The lowest BCUT2D eigenvalue weighted by atomic mass is 10.0. The lowest BCUT2D eigenvalue weighted by Gasteiger charge is -2.33. The van der Waals surface area contributed by atoms with Gasteiger partial charge in [-0.1, -0.05) is 24.3 Å². The SMILES string of the molecule is O=C(Cc1ccncc1)N1CCO[C@@H](c2cccc(Cc3ccccc3C(F)(F)F)n2)C1. The molecule has 0 spiro atoms. The van der Waals surface area contributed by atoms with Gasteiger partial charge in [-0.05, 0) is 41.5 Å². The number of aromatic nitrogens is 2. The molecule has 1 saturated heterocycles. The number of alkyl halides is 3. The quantitative estimate of drug-likeness (QED) is 0.595. The molecule has 5 nitrogen and oxygen atoms in total. The monoisotopic (exact) mass is 441 g/mol. The molecule has 1 aliphatic rings. The maximum absolute atomic E-state index is 13.3. The summed E-state index contributed by atoms with van der Waals surface area (Å²) in [6.07, 6.45) is -1.22. The Kier molecular flexibility index (Phi) is 6.50. The van der Waals surface area contributed by atoms with Crippen LogP contribution in [0.3, 0.4) is 0 Å². The van der Waals surface area contributed by atoms with E-state index in [1.54, 1.807) is 53.7 Å². The number of benzene rings is 1. The minimum Gasteiger partial charge on any atom is -0.368 e. The predicted octanol–water partition coefficient (Wildman–Crippen LogP) is 4.23. The molecule has 1 aliphatic heterocycles. The van der Waals surface area contributed by atoms with E-state index in [1.165, 1.54) is 12.1 Å². The van der Waals surface area contributed by atoms with Gasteiger partial charge in [0, 0.05) is 31.1 Å². The number of amides is 1. The number of morpholine rings is 1. The zero-order chi connectivity index (χ0) is 22.6. The van der Waals surface area contributed by atoms with Crippen molar-refractivity contribution in [3.05, 3.63) is 95.1 Å². The molecule has 0 unspecified atom stereocenters. The summed E-state index contributed by atoms with van der Waals surface area (Å²) >= 11 is 0. The van der Waals surface area contributed by atoms with Crippen molar-refractivity contribution in [1.82, 2.24) is 14.9 Å². The molecule has 4 rings (SSSR count). The summed E-state index contributed by atoms with van der Waals surface area (Å²) in [7, 11) is 0. The van der Waals surface area contributed by atoms with Crippen LogP contribution >= 0.6 is 0 Å². The van der Waals surface area contributed by atoms with Crippen LogP contribution < -0.4 is 0 Å². The zero-order valence-electron chi connectivity index (χ0n) is 17.3. The number of ether oxygens (including phenoxy) is 1. The van der Waals surface area contributed by atoms with Crippen LogP contribution in [0.1, 0.15) is 34.2 Å². The van der Waals surface area contributed by atoms with E-state index < -0.39 is 17.8 Å². The standard InChI is InChI=1S/C24H22F3N3O2/c25-24(26,27)20-6-2-1-4-18(20)15-19-5-3-7-21(29-19)22-16-30(12-13-32-22)23(31)14-17-8-10-28-11-9-17/h1-11,22H,12-16H2/t22-/m1/s1. The van der Waals surface area contributed by atoms with Gasteiger partial charge in [-0.2, -0.15) is 13.2 Å². The Morgan fingerprint density at radius 1 is 1.06 bits per heavy atom. The van der Waals surface area contributed by atoms with E-state index in [1.807, 2.05) is 0 Å². The normalized spacial score (nSPS) is 16.7. The van der Waals surface area contributed by atoms with E-state index in [-0.39, 0.29) is 24.3 Å². The van der Waals surface area contributed by atoms with E-state index in [0.29, 0.717) is 31.1 Å². The summed E-state index contributed by atoms with van der Waals surface area (Å²) in [6, 6.07) is 14.4. The van der Waals surface area contributed by atoms with Gasteiger partial charge in [0.1, 0.15) is 6.10 Å². The summed E-state index contributed by atoms with van der Waals surface area (Å²) in [5, 5.41) is 0. The molecule has 0 bridgehead atoms. The molecule has 32 heavy (non-hydrogen) atoms. The number of halogens is 3. The van der Waals surface area contributed by atoms with Gasteiger partial charge in [0.15, 0.2) is 0 Å². The second-order valence-electron chi connectivity index (χ2n) is 7.62. The number of rotatable bonds is 5. The Bertz CT molecular complexity index is 1070. The molecule has 0 saturated carbocycles. The third kappa shape index (κ3) is 5.31. The second-order valence-corrected chi connectivity index (χ2v) is 7.62. The van der Waals surface area contributed by atoms with E-state index in [0.717, 1.165) is 11.6 Å². The number of hydrogen-bond donors (Lipinski definition) is 0. The molecule has 0 radical (unpaired) electrons. The second kappa shape index (κ2) is 9.48. The third-order valence-electron chi connectivity index (χ3n) is 5.38. The minimum absolute atomic E-state index is 0.0141. The number of pyridine rings is 2. The summed E-state index contributed by atoms with van der Waals surface area (Å²) in [5.41, 5.74) is 1.52. The minimum atomic E-state index is -4.42. The average molecular weight is 441 g/mol. The average Bonchev–Trinajstić information content (AvgIpc) is 2.80. The van der Waals surface area contributed by atoms with E-state index >= 15 is 0 Å². The maximum Gasteiger partial charge on any atom is 0.416 e. The molecule has 3 aromatic rings. The van der Waals surface area contributed by atoms with Crippen molar-refractivity contribution < 1.29 is 22.7 Å². The largest absolute Gasteiger partial charge is 0.416 e. The van der Waals surface area contributed by atoms with E-state index in [2.05, 4.69) is 9.97 Å². The Balaban J connectivity index is 1.47. The van der Waals surface area contributed by atoms with Gasteiger partial charge in [-0.25, -0.2) is 0 Å². The fourth-order valence-electron chi connectivity index (χ4n) is 3.76. The van der Waals surface area contributed by atoms with Gasteiger partial charge in [-0.15, -0.1) is 0 Å². The van der Waals surface area contributed by atoms with Crippen LogP contribution in [0.2, 0.25) is 0 Å². The highest BCUT2D eigenvalue weighted by Crippen LogP contribution is 2.33. The van der Waals surface area contributed by atoms with Crippen LogP contribution in [0.25, 0.3) is 0 Å². The smallest absolute Gasteiger partial charge is 0.368 e. The highest BCUT2D eigenvalue weighted by molar-refractivity contribution is 5.78. The maximum atomic E-state index is 13.3. The lowest BCUT2D eigenvalue weighted by molar-refractivity contribution is -0.139. The number of nitrogens with zero attached hydrogens (tertiary/aromatic N) is 3. The fraction of sp³-hybridized carbons (Fsp3) is 0.292. The molecule has 1 atom stereocenters. The summed E-state index contributed by atoms with van der Waals surface area (Å²) in [5.74, 6) is -0.0141. The van der Waals surface area contributed by atoms with Gasteiger partial charge in [0.2, 0.25) is 5.91 Å². The Morgan fingerprint density at radius 2 is 1.84 bits per heavy atom. The Hall–Kier alpha value is -3.26. The number of hydrogen-bond acceptors (Lipinski definition) is 4. The molecule has 3 heterocycles.